The van der Waals surface area contributed by atoms with Gasteiger partial charge in [0.2, 0.25) is 11.8 Å². The van der Waals surface area contributed by atoms with E-state index in [2.05, 4.69) is 15.8 Å². The summed E-state index contributed by atoms with van der Waals surface area (Å²) in [5.41, 5.74) is 7.57. The number of nitrogens with one attached hydrogen (secondary N) is 2. The Morgan fingerprint density at radius 1 is 1.18 bits per heavy atom. The monoisotopic (exact) mass is 470 g/mol. The molecule has 0 saturated carbocycles. The van der Waals surface area contributed by atoms with Crippen molar-refractivity contribution < 1.29 is 18.7 Å². The largest absolute Gasteiger partial charge is 0.493 e. The molecule has 9 heteroatoms. The quantitative estimate of drug-likeness (QED) is 0.400. The van der Waals surface area contributed by atoms with Crippen LogP contribution < -0.4 is 20.5 Å². The Labute approximate surface area is 197 Å². The molecule has 1 saturated heterocycles. The average molecular weight is 471 g/mol. The third kappa shape index (κ3) is 5.96. The molecule has 0 aliphatic carbocycles. The molecule has 174 valence electrons. The number of para-hydroxylation sites is 2. The van der Waals surface area contributed by atoms with E-state index in [1.54, 1.807) is 6.07 Å². The number of aryl methyl sites for hydroxylation is 1. The molecule has 0 bridgehead atoms. The predicted molar refractivity (Wildman–Crippen MR) is 126 cm³/mol. The lowest BCUT2D eigenvalue weighted by Crippen LogP contribution is -2.47. The van der Waals surface area contributed by atoms with Crippen molar-refractivity contribution in [3.05, 3.63) is 53.1 Å². The summed E-state index contributed by atoms with van der Waals surface area (Å²) in [5, 5.41) is 0.659. The molecule has 2 heterocycles. The van der Waals surface area contributed by atoms with E-state index in [1.165, 1.54) is 0 Å². The van der Waals surface area contributed by atoms with Gasteiger partial charge >= 0.3 is 0 Å². The molecule has 2 aromatic carbocycles. The molecule has 0 radical (unpaired) electrons. The zero-order valence-corrected chi connectivity index (χ0v) is 19.2. The van der Waals surface area contributed by atoms with Gasteiger partial charge in [-0.15, -0.1) is 0 Å². The molecule has 2 N–H and O–H groups in total. The highest BCUT2D eigenvalue weighted by Crippen LogP contribution is 2.26. The van der Waals surface area contributed by atoms with Gasteiger partial charge in [0.15, 0.2) is 5.58 Å². The summed E-state index contributed by atoms with van der Waals surface area (Å²) in [7, 11) is 0. The van der Waals surface area contributed by atoms with Gasteiger partial charge in [0, 0.05) is 30.5 Å². The Bertz CT molecular complexity index is 1090. The van der Waals surface area contributed by atoms with Crippen LogP contribution in [0.3, 0.4) is 0 Å². The summed E-state index contributed by atoms with van der Waals surface area (Å²) in [5.74, 6) is 0.164. The number of oxazole rings is 1. The second-order valence-electron chi connectivity index (χ2n) is 8.12. The topological polar surface area (TPSA) is 96.7 Å². The Kier molecular flexibility index (Phi) is 7.34. The van der Waals surface area contributed by atoms with Crippen LogP contribution in [0, 0.1) is 12.8 Å². The molecule has 2 amide bonds. The Morgan fingerprint density at radius 3 is 2.73 bits per heavy atom. The molecule has 1 aliphatic heterocycles. The van der Waals surface area contributed by atoms with Gasteiger partial charge in [0.1, 0.15) is 11.3 Å². The zero-order valence-electron chi connectivity index (χ0n) is 18.5. The number of rotatable bonds is 7. The van der Waals surface area contributed by atoms with Crippen LogP contribution in [0.4, 0.5) is 6.01 Å². The fourth-order valence-electron chi connectivity index (χ4n) is 3.81. The number of piperidine rings is 1. The van der Waals surface area contributed by atoms with Gasteiger partial charge in [-0.1, -0.05) is 23.7 Å². The molecule has 1 fully saturated rings. The molecule has 0 spiro atoms. The number of hydrogen-bond acceptors (Lipinski definition) is 6. The van der Waals surface area contributed by atoms with Crippen LogP contribution >= 0.6 is 11.6 Å². The third-order valence-electron chi connectivity index (χ3n) is 5.69. The maximum absolute atomic E-state index is 12.4. The minimum Gasteiger partial charge on any atom is -0.493 e. The number of amides is 2. The van der Waals surface area contributed by atoms with Crippen LogP contribution in [0.25, 0.3) is 11.1 Å². The molecule has 1 aromatic heterocycles. The maximum atomic E-state index is 12.4. The number of carbonyl (C=O) groups excluding carboxylic acids is 2. The lowest BCUT2D eigenvalue weighted by Gasteiger charge is -2.30. The van der Waals surface area contributed by atoms with Gasteiger partial charge in [-0.05, 0) is 62.1 Å². The number of nitrogens with zero attached hydrogens (tertiary/aromatic N) is 2. The molecule has 33 heavy (non-hydrogen) atoms. The van der Waals surface area contributed by atoms with Crippen molar-refractivity contribution >= 4 is 40.5 Å². The van der Waals surface area contributed by atoms with Crippen molar-refractivity contribution in [3.63, 3.8) is 0 Å². The fourth-order valence-corrected chi connectivity index (χ4v) is 4.04. The standard InChI is InChI=1S/C24H27ClN4O4/c1-16-15-18(25)8-9-20(16)32-14-4-7-22(30)27-28-23(31)17-10-12-29(13-11-17)24-26-19-5-2-3-6-21(19)33-24/h2-3,5-6,8-9,15,17H,4,7,10-14H2,1H3,(H,27,30)(H,28,31). The molecule has 1 aliphatic rings. The minimum atomic E-state index is -0.247. The second kappa shape index (κ2) is 10.6. The van der Waals surface area contributed by atoms with E-state index in [9.17, 15) is 9.59 Å². The molecule has 8 nitrogen and oxygen atoms in total. The smallest absolute Gasteiger partial charge is 0.298 e. The van der Waals surface area contributed by atoms with E-state index in [4.69, 9.17) is 20.8 Å². The molecule has 0 atom stereocenters. The van der Waals surface area contributed by atoms with Gasteiger partial charge in [0.25, 0.3) is 6.01 Å². The molecule has 3 aromatic rings. The summed E-state index contributed by atoms with van der Waals surface area (Å²) in [6.45, 7) is 3.65. The molecule has 4 rings (SSSR count). The lowest BCUT2D eigenvalue weighted by atomic mass is 9.96. The third-order valence-corrected chi connectivity index (χ3v) is 5.92. The number of hydrogen-bond donors (Lipinski definition) is 2. The van der Waals surface area contributed by atoms with Crippen molar-refractivity contribution in [2.24, 2.45) is 5.92 Å². The first kappa shape index (κ1) is 22.9. The first-order valence-electron chi connectivity index (χ1n) is 11.1. The summed E-state index contributed by atoms with van der Waals surface area (Å²) in [6, 6.07) is 13.6. The van der Waals surface area contributed by atoms with Crippen LogP contribution in [0.1, 0.15) is 31.2 Å². The Hall–Kier alpha value is -3.26. The average Bonchev–Trinajstić information content (AvgIpc) is 3.26. The Morgan fingerprint density at radius 2 is 1.97 bits per heavy atom. The summed E-state index contributed by atoms with van der Waals surface area (Å²) < 4.78 is 11.5. The van der Waals surface area contributed by atoms with E-state index < -0.39 is 0 Å². The number of anilines is 1. The van der Waals surface area contributed by atoms with E-state index in [0.717, 1.165) is 22.4 Å². The van der Waals surface area contributed by atoms with Crippen LogP contribution in [0.2, 0.25) is 5.02 Å². The highest BCUT2D eigenvalue weighted by atomic mass is 35.5. The fraction of sp³-hybridized carbons (Fsp3) is 0.375. The lowest BCUT2D eigenvalue weighted by molar-refractivity contribution is -0.131. The number of benzene rings is 2. The predicted octanol–water partition coefficient (Wildman–Crippen LogP) is 4.01. The van der Waals surface area contributed by atoms with Crippen molar-refractivity contribution in [3.8, 4) is 5.75 Å². The van der Waals surface area contributed by atoms with Crippen LogP contribution in [-0.4, -0.2) is 36.5 Å². The molecular weight excluding hydrogens is 444 g/mol. The van der Waals surface area contributed by atoms with Crippen LogP contribution in [-0.2, 0) is 9.59 Å². The van der Waals surface area contributed by atoms with E-state index in [1.807, 2.05) is 48.2 Å². The first-order chi connectivity index (χ1) is 16.0. The zero-order chi connectivity index (χ0) is 23.2. The van der Waals surface area contributed by atoms with Crippen molar-refractivity contribution in [1.82, 2.24) is 15.8 Å². The summed E-state index contributed by atoms with van der Waals surface area (Å²) in [4.78, 5) is 31.1. The SMILES string of the molecule is Cc1cc(Cl)ccc1OCCCC(=O)NNC(=O)C1CCN(c2nc3ccccc3o2)CC1. The second-order valence-corrected chi connectivity index (χ2v) is 8.56. The van der Waals surface area contributed by atoms with Crippen LogP contribution in [0.15, 0.2) is 46.9 Å². The van der Waals surface area contributed by atoms with Gasteiger partial charge in [0.05, 0.1) is 6.61 Å². The number of carbonyl (C=O) groups is 2. The number of halogens is 1. The summed E-state index contributed by atoms with van der Waals surface area (Å²) >= 11 is 5.93. The van der Waals surface area contributed by atoms with Crippen LogP contribution in [0.5, 0.6) is 5.75 Å². The highest BCUT2D eigenvalue weighted by molar-refractivity contribution is 6.30. The van der Waals surface area contributed by atoms with E-state index in [-0.39, 0.29) is 24.2 Å². The molecular formula is C24H27ClN4O4. The first-order valence-corrected chi connectivity index (χ1v) is 11.5. The van der Waals surface area contributed by atoms with Gasteiger partial charge < -0.3 is 14.1 Å². The number of fused-ring (bicyclic) bond motifs is 1. The van der Waals surface area contributed by atoms with Crippen molar-refractivity contribution in [2.45, 2.75) is 32.6 Å². The number of hydrazine groups is 1. The number of ether oxygens (including phenoxy) is 1. The maximum Gasteiger partial charge on any atom is 0.298 e. The van der Waals surface area contributed by atoms with Gasteiger partial charge in [-0.25, -0.2) is 0 Å². The Balaban J connectivity index is 1.14. The minimum absolute atomic E-state index is 0.165. The van der Waals surface area contributed by atoms with Crippen molar-refractivity contribution in [1.29, 1.82) is 0 Å². The number of aromatic nitrogens is 1. The van der Waals surface area contributed by atoms with Gasteiger partial charge in [-0.3, -0.25) is 20.4 Å². The summed E-state index contributed by atoms with van der Waals surface area (Å²) in [6.07, 6.45) is 2.11. The normalized spacial score (nSPS) is 14.3. The van der Waals surface area contributed by atoms with Gasteiger partial charge in [-0.2, -0.15) is 4.98 Å². The van der Waals surface area contributed by atoms with Crippen molar-refractivity contribution in [2.75, 3.05) is 24.6 Å². The van der Waals surface area contributed by atoms with E-state index in [0.29, 0.717) is 50.0 Å². The highest BCUT2D eigenvalue weighted by Gasteiger charge is 2.27. The van der Waals surface area contributed by atoms with E-state index >= 15 is 0 Å². The molecule has 0 unspecified atom stereocenters.